The van der Waals surface area contributed by atoms with Crippen LogP contribution in [0.25, 0.3) is 5.52 Å². The van der Waals surface area contributed by atoms with E-state index in [-0.39, 0.29) is 12.1 Å². The Morgan fingerprint density at radius 2 is 1.96 bits per heavy atom. The van der Waals surface area contributed by atoms with Crippen molar-refractivity contribution in [2.45, 2.75) is 19.4 Å². The van der Waals surface area contributed by atoms with E-state index < -0.39 is 17.9 Å². The summed E-state index contributed by atoms with van der Waals surface area (Å²) in [5.41, 5.74) is 2.55. The van der Waals surface area contributed by atoms with Crippen LogP contribution < -0.4 is 5.32 Å². The summed E-state index contributed by atoms with van der Waals surface area (Å²) in [4.78, 5) is 23.9. The number of aryl methyl sites for hydroxylation is 1. The van der Waals surface area contributed by atoms with Crippen LogP contribution in [0.15, 0.2) is 48.7 Å². The van der Waals surface area contributed by atoms with Crippen LogP contribution in [0, 0.1) is 6.92 Å². The molecule has 1 atom stereocenters. The van der Waals surface area contributed by atoms with Crippen molar-refractivity contribution in [3.8, 4) is 0 Å². The molecule has 7 nitrogen and oxygen atoms in total. The van der Waals surface area contributed by atoms with Gasteiger partial charge in [-0.15, -0.1) is 5.10 Å². The molecule has 0 spiro atoms. The number of carboxylic acid groups (broad SMARTS) is 1. The first-order valence-corrected chi connectivity index (χ1v) is 7.44. The summed E-state index contributed by atoms with van der Waals surface area (Å²) in [6.45, 7) is 1.96. The molecule has 0 aliphatic carbocycles. The number of hydrogen-bond donors (Lipinski definition) is 2. The van der Waals surface area contributed by atoms with Crippen molar-refractivity contribution in [1.82, 2.24) is 20.1 Å². The number of fused-ring (bicyclic) bond motifs is 1. The van der Waals surface area contributed by atoms with Crippen LogP contribution in [0.1, 0.15) is 21.6 Å². The van der Waals surface area contributed by atoms with E-state index in [9.17, 15) is 14.7 Å². The molecular formula is C17H16N4O3. The Morgan fingerprint density at radius 1 is 1.21 bits per heavy atom. The molecule has 0 saturated heterocycles. The third-order valence-corrected chi connectivity index (χ3v) is 3.70. The number of hydrogen-bond acceptors (Lipinski definition) is 4. The highest BCUT2D eigenvalue weighted by molar-refractivity contribution is 6.00. The van der Waals surface area contributed by atoms with Gasteiger partial charge in [0.25, 0.3) is 5.91 Å². The minimum absolute atomic E-state index is 0.103. The summed E-state index contributed by atoms with van der Waals surface area (Å²) in [5.74, 6) is -1.66. The van der Waals surface area contributed by atoms with Crippen molar-refractivity contribution >= 4 is 17.4 Å². The minimum Gasteiger partial charge on any atom is -0.480 e. The highest BCUT2D eigenvalue weighted by atomic mass is 16.4. The summed E-state index contributed by atoms with van der Waals surface area (Å²) in [6.07, 6.45) is 1.86. The zero-order valence-corrected chi connectivity index (χ0v) is 13.0. The highest BCUT2D eigenvalue weighted by Crippen LogP contribution is 2.10. The van der Waals surface area contributed by atoms with Gasteiger partial charge >= 0.3 is 5.97 Å². The van der Waals surface area contributed by atoms with Crippen molar-refractivity contribution in [1.29, 1.82) is 0 Å². The predicted octanol–water partition coefficient (Wildman–Crippen LogP) is 1.46. The summed E-state index contributed by atoms with van der Waals surface area (Å²) >= 11 is 0. The van der Waals surface area contributed by atoms with E-state index >= 15 is 0 Å². The Morgan fingerprint density at radius 3 is 2.67 bits per heavy atom. The molecule has 0 aliphatic heterocycles. The molecule has 3 aromatic rings. The van der Waals surface area contributed by atoms with Gasteiger partial charge in [-0.2, -0.15) is 0 Å². The average Bonchev–Trinajstić information content (AvgIpc) is 3.00. The quantitative estimate of drug-likeness (QED) is 0.741. The third-order valence-electron chi connectivity index (χ3n) is 3.70. The van der Waals surface area contributed by atoms with E-state index in [0.717, 1.165) is 11.1 Å². The van der Waals surface area contributed by atoms with E-state index in [4.69, 9.17) is 0 Å². The smallest absolute Gasteiger partial charge is 0.326 e. The molecule has 1 aromatic carbocycles. The van der Waals surface area contributed by atoms with Gasteiger partial charge in [0.2, 0.25) is 0 Å². The number of carbonyl (C=O) groups excluding carboxylic acids is 1. The van der Waals surface area contributed by atoms with Crippen LogP contribution >= 0.6 is 0 Å². The Bertz CT molecular complexity index is 886. The molecule has 3 rings (SSSR count). The monoisotopic (exact) mass is 324 g/mol. The Kier molecular flexibility index (Phi) is 4.24. The fourth-order valence-electron chi connectivity index (χ4n) is 2.39. The van der Waals surface area contributed by atoms with Gasteiger partial charge < -0.3 is 10.4 Å². The number of rotatable bonds is 5. The number of pyridine rings is 1. The number of nitrogens with zero attached hydrogens (tertiary/aromatic N) is 3. The van der Waals surface area contributed by atoms with Crippen molar-refractivity contribution in [2.24, 2.45) is 0 Å². The molecule has 0 saturated carbocycles. The molecule has 0 aliphatic rings. The number of carbonyl (C=O) groups is 2. The fraction of sp³-hybridized carbons (Fsp3) is 0.176. The number of aromatic nitrogens is 3. The molecule has 122 valence electrons. The van der Waals surface area contributed by atoms with Gasteiger partial charge in [0.05, 0.1) is 5.52 Å². The first-order valence-electron chi connectivity index (χ1n) is 7.44. The molecule has 24 heavy (non-hydrogen) atoms. The molecule has 2 aromatic heterocycles. The van der Waals surface area contributed by atoms with Gasteiger partial charge in [-0.05, 0) is 24.6 Å². The lowest BCUT2D eigenvalue weighted by molar-refractivity contribution is -0.139. The van der Waals surface area contributed by atoms with Crippen molar-refractivity contribution in [2.75, 3.05) is 0 Å². The molecular weight excluding hydrogens is 308 g/mol. The van der Waals surface area contributed by atoms with E-state index in [1.54, 1.807) is 24.4 Å². The normalized spacial score (nSPS) is 12.0. The molecule has 0 fully saturated rings. The number of carboxylic acids is 1. The minimum atomic E-state index is -1.10. The maximum absolute atomic E-state index is 12.4. The maximum Gasteiger partial charge on any atom is 0.326 e. The second-order valence-electron chi connectivity index (χ2n) is 5.52. The second kappa shape index (κ2) is 6.49. The van der Waals surface area contributed by atoms with Crippen LogP contribution in [0.5, 0.6) is 0 Å². The fourth-order valence-corrected chi connectivity index (χ4v) is 2.39. The van der Waals surface area contributed by atoms with Crippen molar-refractivity contribution in [3.05, 3.63) is 65.5 Å². The molecule has 2 N–H and O–H groups in total. The molecule has 2 heterocycles. The topological polar surface area (TPSA) is 96.6 Å². The van der Waals surface area contributed by atoms with Crippen LogP contribution in [-0.2, 0) is 11.2 Å². The van der Waals surface area contributed by atoms with E-state index in [2.05, 4.69) is 15.6 Å². The van der Waals surface area contributed by atoms with Crippen molar-refractivity contribution < 1.29 is 14.7 Å². The molecule has 1 amide bonds. The number of aliphatic carboxylic acids is 1. The SMILES string of the molecule is Cc1ccc(C[C@@H](NC(=O)c2nnn3ccccc23)C(=O)O)cc1. The first-order chi connectivity index (χ1) is 11.5. The average molecular weight is 324 g/mol. The van der Waals surface area contributed by atoms with Crippen LogP contribution in [0.4, 0.5) is 0 Å². The zero-order chi connectivity index (χ0) is 17.1. The van der Waals surface area contributed by atoms with Gasteiger partial charge in [-0.25, -0.2) is 9.31 Å². The first kappa shape index (κ1) is 15.7. The summed E-state index contributed by atoms with van der Waals surface area (Å²) in [5, 5.41) is 19.6. The number of benzene rings is 1. The molecule has 0 unspecified atom stereocenters. The lowest BCUT2D eigenvalue weighted by atomic mass is 10.0. The van der Waals surface area contributed by atoms with Crippen LogP contribution in [0.2, 0.25) is 0 Å². The maximum atomic E-state index is 12.4. The van der Waals surface area contributed by atoms with E-state index in [1.807, 2.05) is 31.2 Å². The van der Waals surface area contributed by atoms with Gasteiger partial charge in [0.15, 0.2) is 5.69 Å². The number of amides is 1. The van der Waals surface area contributed by atoms with Crippen LogP contribution in [-0.4, -0.2) is 37.9 Å². The lowest BCUT2D eigenvalue weighted by Crippen LogP contribution is -2.42. The van der Waals surface area contributed by atoms with Gasteiger partial charge in [-0.3, -0.25) is 4.79 Å². The molecule has 0 bridgehead atoms. The van der Waals surface area contributed by atoms with E-state index in [1.165, 1.54) is 4.52 Å². The summed E-state index contributed by atoms with van der Waals surface area (Å²) in [7, 11) is 0. The Balaban J connectivity index is 1.79. The van der Waals surface area contributed by atoms with Gasteiger partial charge in [-0.1, -0.05) is 41.1 Å². The summed E-state index contributed by atoms with van der Waals surface area (Å²) in [6, 6.07) is 11.7. The highest BCUT2D eigenvalue weighted by Gasteiger charge is 2.23. The zero-order valence-electron chi connectivity index (χ0n) is 13.0. The second-order valence-corrected chi connectivity index (χ2v) is 5.52. The molecule has 7 heteroatoms. The Labute approximate surface area is 137 Å². The van der Waals surface area contributed by atoms with Crippen LogP contribution in [0.3, 0.4) is 0 Å². The largest absolute Gasteiger partial charge is 0.480 e. The predicted molar refractivity (Wildman–Crippen MR) is 86.8 cm³/mol. The standard InChI is InChI=1S/C17H16N4O3/c1-11-5-7-12(8-6-11)10-13(17(23)24)18-16(22)15-14-4-2-3-9-21(14)20-19-15/h2-9,13H,10H2,1H3,(H,18,22)(H,23,24)/t13-/m1/s1. The van der Waals surface area contributed by atoms with E-state index in [0.29, 0.717) is 5.52 Å². The Hall–Kier alpha value is -3.22. The summed E-state index contributed by atoms with van der Waals surface area (Å²) < 4.78 is 1.46. The third kappa shape index (κ3) is 3.24. The van der Waals surface area contributed by atoms with Gasteiger partial charge in [0.1, 0.15) is 6.04 Å². The van der Waals surface area contributed by atoms with Crippen molar-refractivity contribution in [3.63, 3.8) is 0 Å². The number of nitrogens with one attached hydrogen (secondary N) is 1. The lowest BCUT2D eigenvalue weighted by Gasteiger charge is -2.14. The molecule has 0 radical (unpaired) electrons. The van der Waals surface area contributed by atoms with Gasteiger partial charge in [0, 0.05) is 12.6 Å².